The second kappa shape index (κ2) is 7.88. The molecule has 4 rings (SSSR count). The topological polar surface area (TPSA) is 29.7 Å². The number of pyridine rings is 1. The minimum atomic E-state index is 0.173. The molecule has 3 nitrogen and oxygen atoms in total. The molecule has 0 radical (unpaired) electrons. The Hall–Kier alpha value is -3.07. The van der Waals surface area contributed by atoms with Crippen molar-refractivity contribution in [3.05, 3.63) is 77.5 Å². The first-order valence-electron chi connectivity index (χ1n) is 10.9. The summed E-state index contributed by atoms with van der Waals surface area (Å²) in [6.07, 6.45) is 7.03. The molecular formula is C28H32N3+. The van der Waals surface area contributed by atoms with Gasteiger partial charge in [0.25, 0.3) is 0 Å². The van der Waals surface area contributed by atoms with E-state index < -0.39 is 0 Å². The Kier molecular flexibility index (Phi) is 5.38. The van der Waals surface area contributed by atoms with Gasteiger partial charge in [-0.25, -0.2) is 9.97 Å². The molecule has 0 aliphatic carbocycles. The fourth-order valence-electron chi connectivity index (χ4n) is 4.35. The smallest absolute Gasteiger partial charge is 0.220 e. The minimum Gasteiger partial charge on any atom is -0.241 e. The standard InChI is InChI=1S/C28H32N3/c1-18-12-19(2)20(3)24(13-18)27-23-11-9-8-10-22(23)25(17-31(27)7)21-15-29-26(30-16-21)14-28(4,5)6/h8-13,15-17H,14H2,1-7H3/q+1. The van der Waals surface area contributed by atoms with Gasteiger partial charge in [0.2, 0.25) is 5.69 Å². The largest absolute Gasteiger partial charge is 0.241 e. The van der Waals surface area contributed by atoms with Gasteiger partial charge in [-0.2, -0.15) is 4.57 Å². The number of hydrogen-bond acceptors (Lipinski definition) is 2. The summed E-state index contributed by atoms with van der Waals surface area (Å²) in [6, 6.07) is 13.2. The molecule has 0 saturated heterocycles. The summed E-state index contributed by atoms with van der Waals surface area (Å²) in [6.45, 7) is 13.2. The van der Waals surface area contributed by atoms with Crippen LogP contribution in [-0.2, 0) is 13.5 Å². The Balaban J connectivity index is 1.91. The van der Waals surface area contributed by atoms with Crippen molar-refractivity contribution in [2.75, 3.05) is 0 Å². The molecule has 2 aromatic carbocycles. The molecule has 0 aliphatic heterocycles. The number of nitrogens with zero attached hydrogens (tertiary/aromatic N) is 3. The highest BCUT2D eigenvalue weighted by Gasteiger charge is 2.22. The van der Waals surface area contributed by atoms with Crippen molar-refractivity contribution in [1.29, 1.82) is 0 Å². The molecule has 0 aliphatic rings. The third-order valence-corrected chi connectivity index (χ3v) is 5.92. The predicted molar refractivity (Wildman–Crippen MR) is 129 cm³/mol. The lowest BCUT2D eigenvalue weighted by molar-refractivity contribution is -0.658. The van der Waals surface area contributed by atoms with Crippen molar-refractivity contribution in [3.63, 3.8) is 0 Å². The van der Waals surface area contributed by atoms with Crippen molar-refractivity contribution >= 4 is 10.8 Å². The van der Waals surface area contributed by atoms with Crippen molar-refractivity contribution in [1.82, 2.24) is 9.97 Å². The number of rotatable bonds is 3. The van der Waals surface area contributed by atoms with E-state index in [2.05, 4.69) is 106 Å². The zero-order valence-corrected chi connectivity index (χ0v) is 19.7. The van der Waals surface area contributed by atoms with Crippen molar-refractivity contribution in [2.45, 2.75) is 48.0 Å². The van der Waals surface area contributed by atoms with Gasteiger partial charge in [0.1, 0.15) is 12.9 Å². The molecule has 158 valence electrons. The van der Waals surface area contributed by atoms with Crippen LogP contribution in [0.3, 0.4) is 0 Å². The van der Waals surface area contributed by atoms with E-state index in [1.807, 2.05) is 12.4 Å². The van der Waals surface area contributed by atoms with Gasteiger partial charge in [-0.15, -0.1) is 0 Å². The third-order valence-electron chi connectivity index (χ3n) is 5.92. The molecule has 0 spiro atoms. The maximum atomic E-state index is 4.67. The first kappa shape index (κ1) is 21.2. The van der Waals surface area contributed by atoms with E-state index in [9.17, 15) is 0 Å². The Labute approximate surface area is 185 Å². The summed E-state index contributed by atoms with van der Waals surface area (Å²) in [5, 5.41) is 2.47. The number of hydrogen-bond donors (Lipinski definition) is 0. The van der Waals surface area contributed by atoms with Crippen LogP contribution >= 0.6 is 0 Å². The average molecular weight is 411 g/mol. The summed E-state index contributed by atoms with van der Waals surface area (Å²) in [5.74, 6) is 0.896. The van der Waals surface area contributed by atoms with E-state index in [0.717, 1.165) is 23.4 Å². The lowest BCUT2D eigenvalue weighted by atomic mass is 9.91. The van der Waals surface area contributed by atoms with Gasteiger partial charge in [-0.05, 0) is 49.4 Å². The second-order valence-electron chi connectivity index (χ2n) is 9.93. The summed E-state index contributed by atoms with van der Waals surface area (Å²) < 4.78 is 2.25. The van der Waals surface area contributed by atoms with Crippen LogP contribution in [0.4, 0.5) is 0 Å². The van der Waals surface area contributed by atoms with E-state index in [-0.39, 0.29) is 5.41 Å². The number of benzene rings is 2. The number of aryl methyl sites for hydroxylation is 3. The molecule has 0 amide bonds. The lowest BCUT2D eigenvalue weighted by Crippen LogP contribution is -2.31. The lowest BCUT2D eigenvalue weighted by Gasteiger charge is -2.16. The first-order valence-corrected chi connectivity index (χ1v) is 10.9. The molecule has 31 heavy (non-hydrogen) atoms. The molecule has 0 bridgehead atoms. The highest BCUT2D eigenvalue weighted by molar-refractivity contribution is 6.02. The molecule has 0 fully saturated rings. The van der Waals surface area contributed by atoms with Crippen LogP contribution in [-0.4, -0.2) is 9.97 Å². The normalized spacial score (nSPS) is 11.8. The van der Waals surface area contributed by atoms with Gasteiger partial charge in [0, 0.05) is 29.8 Å². The highest BCUT2D eigenvalue weighted by Crippen LogP contribution is 2.34. The molecule has 3 heteroatoms. The second-order valence-corrected chi connectivity index (χ2v) is 9.93. The maximum Gasteiger partial charge on any atom is 0.220 e. The van der Waals surface area contributed by atoms with Crippen LogP contribution < -0.4 is 4.57 Å². The Morgan fingerprint density at radius 1 is 0.871 bits per heavy atom. The quantitative estimate of drug-likeness (QED) is 0.371. The van der Waals surface area contributed by atoms with E-state index in [1.54, 1.807) is 0 Å². The Bertz CT molecular complexity index is 1260. The summed E-state index contributed by atoms with van der Waals surface area (Å²) in [7, 11) is 2.14. The molecule has 0 atom stereocenters. The number of aromatic nitrogens is 3. The van der Waals surface area contributed by atoms with Gasteiger partial charge >= 0.3 is 0 Å². The van der Waals surface area contributed by atoms with Gasteiger partial charge in [0.15, 0.2) is 6.20 Å². The number of fused-ring (bicyclic) bond motifs is 1. The molecule has 0 saturated carbocycles. The zero-order chi connectivity index (χ0) is 22.3. The molecule has 2 heterocycles. The van der Waals surface area contributed by atoms with Crippen LogP contribution in [0.2, 0.25) is 0 Å². The maximum absolute atomic E-state index is 4.67. The Morgan fingerprint density at radius 3 is 2.16 bits per heavy atom. The van der Waals surface area contributed by atoms with Gasteiger partial charge in [-0.1, -0.05) is 50.6 Å². The van der Waals surface area contributed by atoms with Crippen LogP contribution in [0.15, 0.2) is 55.0 Å². The monoisotopic (exact) mass is 410 g/mol. The first-order chi connectivity index (χ1) is 14.6. The molecule has 4 aromatic rings. The summed E-state index contributed by atoms with van der Waals surface area (Å²) in [5.41, 5.74) is 8.85. The van der Waals surface area contributed by atoms with Crippen molar-refractivity contribution in [2.24, 2.45) is 12.5 Å². The molecular weight excluding hydrogens is 378 g/mol. The summed E-state index contributed by atoms with van der Waals surface area (Å²) in [4.78, 5) is 9.35. The molecule has 0 unspecified atom stereocenters. The Morgan fingerprint density at radius 2 is 1.52 bits per heavy atom. The van der Waals surface area contributed by atoms with E-state index in [4.69, 9.17) is 0 Å². The minimum absolute atomic E-state index is 0.173. The van der Waals surface area contributed by atoms with Crippen molar-refractivity contribution in [3.8, 4) is 22.4 Å². The highest BCUT2D eigenvalue weighted by atomic mass is 14.9. The van der Waals surface area contributed by atoms with Crippen LogP contribution in [0.5, 0.6) is 0 Å². The van der Waals surface area contributed by atoms with Crippen molar-refractivity contribution < 1.29 is 4.57 Å². The fourth-order valence-corrected chi connectivity index (χ4v) is 4.35. The van der Waals surface area contributed by atoms with E-state index in [0.29, 0.717) is 0 Å². The van der Waals surface area contributed by atoms with E-state index >= 15 is 0 Å². The average Bonchev–Trinajstić information content (AvgIpc) is 2.70. The summed E-state index contributed by atoms with van der Waals surface area (Å²) >= 11 is 0. The fraction of sp³-hybridized carbons (Fsp3) is 0.321. The van der Waals surface area contributed by atoms with Gasteiger partial charge in [0.05, 0.1) is 16.5 Å². The van der Waals surface area contributed by atoms with Crippen LogP contribution in [0.1, 0.15) is 43.3 Å². The van der Waals surface area contributed by atoms with E-state index in [1.165, 1.54) is 38.7 Å². The SMILES string of the molecule is Cc1cc(C)c(C)c(-c2c3ccccc3c(-c3cnc(CC(C)(C)C)nc3)c[n+]2C)c1. The molecule has 0 N–H and O–H groups in total. The predicted octanol–water partition coefficient (Wildman–Crippen LogP) is 6.30. The molecule has 2 aromatic heterocycles. The third kappa shape index (κ3) is 4.23. The zero-order valence-electron chi connectivity index (χ0n) is 19.7. The van der Waals surface area contributed by atoms with Gasteiger partial charge < -0.3 is 0 Å². The van der Waals surface area contributed by atoms with Gasteiger partial charge in [-0.3, -0.25) is 0 Å². The van der Waals surface area contributed by atoms with Crippen LogP contribution in [0.25, 0.3) is 33.2 Å². The van der Waals surface area contributed by atoms with Crippen LogP contribution in [0, 0.1) is 26.2 Å².